The Kier molecular flexibility index (Phi) is 3.30. The minimum absolute atomic E-state index is 0.327. The number of benzene rings is 1. The highest BCUT2D eigenvalue weighted by atomic mass is 79.9. The fourth-order valence-corrected chi connectivity index (χ4v) is 1.42. The van der Waals surface area contributed by atoms with Gasteiger partial charge in [0.25, 0.3) is 5.91 Å². The number of hydrogen-bond acceptors (Lipinski definition) is 2. The summed E-state index contributed by atoms with van der Waals surface area (Å²) in [5.41, 5.74) is 2.71. The molecule has 0 aliphatic heterocycles. The van der Waals surface area contributed by atoms with Gasteiger partial charge in [-0.05, 0) is 40.5 Å². The molecule has 3 nitrogen and oxygen atoms in total. The van der Waals surface area contributed by atoms with Crippen molar-refractivity contribution >= 4 is 33.4 Å². The van der Waals surface area contributed by atoms with Gasteiger partial charge in [0.05, 0.1) is 5.02 Å². The van der Waals surface area contributed by atoms with Crippen LogP contribution in [0.5, 0.6) is 0 Å². The van der Waals surface area contributed by atoms with Crippen LogP contribution in [0.1, 0.15) is 15.9 Å². The van der Waals surface area contributed by atoms with E-state index in [0.29, 0.717) is 10.6 Å². The van der Waals surface area contributed by atoms with Crippen molar-refractivity contribution in [3.05, 3.63) is 32.8 Å². The first-order valence-electron chi connectivity index (χ1n) is 3.46. The third-order valence-corrected chi connectivity index (χ3v) is 3.15. The second-order valence-corrected chi connectivity index (χ2v) is 3.73. The van der Waals surface area contributed by atoms with Gasteiger partial charge in [0.2, 0.25) is 0 Å². The lowest BCUT2D eigenvalue weighted by atomic mass is 10.1. The van der Waals surface area contributed by atoms with Gasteiger partial charge in [0.1, 0.15) is 0 Å². The zero-order valence-corrected chi connectivity index (χ0v) is 9.11. The SMILES string of the molecule is Cc1cc(C(=O)NO)cc(Cl)c1Br. The quantitative estimate of drug-likeness (QED) is 0.605. The molecule has 0 aromatic heterocycles. The Bertz CT molecular complexity index is 331. The van der Waals surface area contributed by atoms with Crippen LogP contribution in [0.15, 0.2) is 16.6 Å². The summed E-state index contributed by atoms with van der Waals surface area (Å²) in [7, 11) is 0. The van der Waals surface area contributed by atoms with Gasteiger partial charge in [-0.2, -0.15) is 0 Å². The molecule has 0 atom stereocenters. The maximum absolute atomic E-state index is 11.0. The van der Waals surface area contributed by atoms with Gasteiger partial charge >= 0.3 is 0 Å². The highest BCUT2D eigenvalue weighted by molar-refractivity contribution is 9.10. The second kappa shape index (κ2) is 4.09. The molecule has 13 heavy (non-hydrogen) atoms. The second-order valence-electron chi connectivity index (χ2n) is 2.53. The van der Waals surface area contributed by atoms with Crippen LogP contribution in [0.25, 0.3) is 0 Å². The van der Waals surface area contributed by atoms with Crippen molar-refractivity contribution < 1.29 is 10.0 Å². The number of carbonyl (C=O) groups excluding carboxylic acids is 1. The zero-order valence-electron chi connectivity index (χ0n) is 6.77. The molecule has 0 radical (unpaired) electrons. The highest BCUT2D eigenvalue weighted by Gasteiger charge is 2.09. The van der Waals surface area contributed by atoms with Crippen molar-refractivity contribution in [2.24, 2.45) is 0 Å². The highest BCUT2D eigenvalue weighted by Crippen LogP contribution is 2.27. The van der Waals surface area contributed by atoms with E-state index in [9.17, 15) is 4.79 Å². The molecule has 0 spiro atoms. The van der Waals surface area contributed by atoms with E-state index < -0.39 is 5.91 Å². The Morgan fingerprint density at radius 2 is 2.23 bits per heavy atom. The first-order chi connectivity index (χ1) is 6.06. The Labute approximate surface area is 88.8 Å². The van der Waals surface area contributed by atoms with Crippen LogP contribution in [0.2, 0.25) is 5.02 Å². The Balaban J connectivity index is 3.20. The predicted octanol–water partition coefficient (Wildman–Crippen LogP) is 2.53. The van der Waals surface area contributed by atoms with E-state index in [4.69, 9.17) is 16.8 Å². The first-order valence-corrected chi connectivity index (χ1v) is 4.63. The van der Waals surface area contributed by atoms with E-state index >= 15 is 0 Å². The van der Waals surface area contributed by atoms with E-state index in [1.165, 1.54) is 6.07 Å². The van der Waals surface area contributed by atoms with Crippen molar-refractivity contribution in [3.8, 4) is 0 Å². The standard InChI is InChI=1S/C8H7BrClNO2/c1-4-2-5(8(12)11-13)3-6(10)7(4)9/h2-3,13H,1H3,(H,11,12). The molecule has 0 saturated carbocycles. The molecule has 1 amide bonds. The number of carbonyl (C=O) groups is 1. The summed E-state index contributed by atoms with van der Waals surface area (Å²) >= 11 is 9.07. The molecule has 0 fully saturated rings. The third-order valence-electron chi connectivity index (χ3n) is 1.57. The predicted molar refractivity (Wildman–Crippen MR) is 53.1 cm³/mol. The lowest BCUT2D eigenvalue weighted by molar-refractivity contribution is 0.0706. The molecule has 1 aromatic rings. The van der Waals surface area contributed by atoms with Crippen LogP contribution in [-0.4, -0.2) is 11.1 Å². The van der Waals surface area contributed by atoms with Gasteiger partial charge in [0, 0.05) is 10.0 Å². The number of amides is 1. The first kappa shape index (κ1) is 10.5. The average molecular weight is 265 g/mol. The van der Waals surface area contributed by atoms with E-state index in [0.717, 1.165) is 10.0 Å². The minimum Gasteiger partial charge on any atom is -0.288 e. The summed E-state index contributed by atoms with van der Waals surface area (Å²) in [5, 5.41) is 8.83. The number of rotatable bonds is 1. The molecule has 0 bridgehead atoms. The fourth-order valence-electron chi connectivity index (χ4n) is 0.922. The topological polar surface area (TPSA) is 49.3 Å². The molecule has 1 aromatic carbocycles. The largest absolute Gasteiger partial charge is 0.288 e. The van der Waals surface area contributed by atoms with Crippen LogP contribution in [0.3, 0.4) is 0 Å². The molecule has 0 aliphatic carbocycles. The van der Waals surface area contributed by atoms with Crippen molar-refractivity contribution in [2.75, 3.05) is 0 Å². The van der Waals surface area contributed by atoms with Gasteiger partial charge in [-0.25, -0.2) is 5.48 Å². The van der Waals surface area contributed by atoms with Crippen LogP contribution < -0.4 is 5.48 Å². The molecule has 70 valence electrons. The van der Waals surface area contributed by atoms with Gasteiger partial charge in [-0.3, -0.25) is 10.0 Å². The Morgan fingerprint density at radius 3 is 2.69 bits per heavy atom. The van der Waals surface area contributed by atoms with Crippen molar-refractivity contribution in [3.63, 3.8) is 0 Å². The maximum Gasteiger partial charge on any atom is 0.274 e. The molecule has 0 aliphatic rings. The number of hydrogen-bond donors (Lipinski definition) is 2. The van der Waals surface area contributed by atoms with Crippen LogP contribution in [0, 0.1) is 6.92 Å². The van der Waals surface area contributed by atoms with Crippen LogP contribution in [0.4, 0.5) is 0 Å². The molecular formula is C8H7BrClNO2. The smallest absolute Gasteiger partial charge is 0.274 e. The van der Waals surface area contributed by atoms with E-state index in [1.807, 2.05) is 6.92 Å². The van der Waals surface area contributed by atoms with Gasteiger partial charge in [-0.15, -0.1) is 0 Å². The van der Waals surface area contributed by atoms with E-state index in [-0.39, 0.29) is 0 Å². The number of hydroxylamine groups is 1. The summed E-state index contributed by atoms with van der Waals surface area (Å²) in [6.07, 6.45) is 0. The Morgan fingerprint density at radius 1 is 1.62 bits per heavy atom. The van der Waals surface area contributed by atoms with E-state index in [2.05, 4.69) is 15.9 Å². The zero-order chi connectivity index (χ0) is 10.0. The number of halogens is 2. The molecule has 0 saturated heterocycles. The molecule has 0 unspecified atom stereocenters. The lowest BCUT2D eigenvalue weighted by Gasteiger charge is -2.04. The van der Waals surface area contributed by atoms with Crippen molar-refractivity contribution in [1.82, 2.24) is 5.48 Å². The molecule has 2 N–H and O–H groups in total. The summed E-state index contributed by atoms with van der Waals surface area (Å²) in [6.45, 7) is 1.81. The van der Waals surface area contributed by atoms with Gasteiger partial charge < -0.3 is 0 Å². The molecular weight excluding hydrogens is 257 g/mol. The fraction of sp³-hybridized carbons (Fsp3) is 0.125. The van der Waals surface area contributed by atoms with Crippen molar-refractivity contribution in [2.45, 2.75) is 6.92 Å². The van der Waals surface area contributed by atoms with Gasteiger partial charge in [0.15, 0.2) is 0 Å². The number of aryl methyl sites for hydroxylation is 1. The van der Waals surface area contributed by atoms with Crippen molar-refractivity contribution in [1.29, 1.82) is 0 Å². The third kappa shape index (κ3) is 2.21. The summed E-state index contributed by atoms with van der Waals surface area (Å²) in [5.74, 6) is -0.572. The lowest BCUT2D eigenvalue weighted by Crippen LogP contribution is -2.18. The van der Waals surface area contributed by atoms with Gasteiger partial charge in [-0.1, -0.05) is 11.6 Å². The summed E-state index contributed by atoms with van der Waals surface area (Å²) < 4.78 is 0.753. The molecule has 5 heteroatoms. The minimum atomic E-state index is -0.572. The molecule has 1 rings (SSSR count). The molecule has 0 heterocycles. The maximum atomic E-state index is 11.0. The number of nitrogens with one attached hydrogen (secondary N) is 1. The van der Waals surface area contributed by atoms with Crippen LogP contribution in [-0.2, 0) is 0 Å². The summed E-state index contributed by atoms with van der Waals surface area (Å²) in [6, 6.07) is 3.10. The monoisotopic (exact) mass is 263 g/mol. The van der Waals surface area contributed by atoms with E-state index in [1.54, 1.807) is 11.5 Å². The normalized spacial score (nSPS) is 9.85. The average Bonchev–Trinajstić information content (AvgIpc) is 2.12. The van der Waals surface area contributed by atoms with Crippen LogP contribution >= 0.6 is 27.5 Å². The summed E-state index contributed by atoms with van der Waals surface area (Å²) in [4.78, 5) is 11.0. The Hall–Kier alpha value is -0.580.